The summed E-state index contributed by atoms with van der Waals surface area (Å²) in [6.07, 6.45) is 0.616. The lowest BCUT2D eigenvalue weighted by molar-refractivity contribution is -0.00631. The van der Waals surface area contributed by atoms with Crippen molar-refractivity contribution in [1.29, 1.82) is 0 Å². The Hall–Kier alpha value is -1.33. The summed E-state index contributed by atoms with van der Waals surface area (Å²) >= 11 is 7.19. The highest BCUT2D eigenvalue weighted by Gasteiger charge is 2.50. The van der Waals surface area contributed by atoms with E-state index in [0.29, 0.717) is 18.6 Å². The third-order valence-corrected chi connectivity index (χ3v) is 6.17. The van der Waals surface area contributed by atoms with Gasteiger partial charge in [0, 0.05) is 22.0 Å². The molecular weight excluding hydrogens is 412 g/mol. The fourth-order valence-electron chi connectivity index (χ4n) is 3.23. The van der Waals surface area contributed by atoms with Crippen molar-refractivity contribution >= 4 is 37.8 Å². The summed E-state index contributed by atoms with van der Waals surface area (Å²) in [5.74, 6) is 0.493. The smallest absolute Gasteiger partial charge is 0.339 e. The highest BCUT2D eigenvalue weighted by atomic mass is 79.9. The molecular formula is C17H12Br2O3. The summed E-state index contributed by atoms with van der Waals surface area (Å²) < 4.78 is 13.6. The van der Waals surface area contributed by atoms with Crippen LogP contribution in [0.4, 0.5) is 0 Å². The van der Waals surface area contributed by atoms with Crippen LogP contribution in [0.15, 0.2) is 39.3 Å². The lowest BCUT2D eigenvalue weighted by Crippen LogP contribution is -2.34. The number of ether oxygens (including phenoxy) is 2. The average Bonchev–Trinajstić information content (AvgIpc) is 2.80. The summed E-state index contributed by atoms with van der Waals surface area (Å²) in [7, 11) is 0. The van der Waals surface area contributed by atoms with Crippen LogP contribution in [-0.4, -0.2) is 12.6 Å². The zero-order chi connectivity index (χ0) is 15.5. The van der Waals surface area contributed by atoms with Crippen molar-refractivity contribution in [2.45, 2.75) is 18.9 Å². The topological polar surface area (TPSA) is 35.5 Å². The van der Waals surface area contributed by atoms with Gasteiger partial charge in [0.2, 0.25) is 0 Å². The molecule has 0 N–H and O–H groups in total. The summed E-state index contributed by atoms with van der Waals surface area (Å²) in [6.45, 7) is 2.52. The van der Waals surface area contributed by atoms with Crippen molar-refractivity contribution < 1.29 is 14.3 Å². The van der Waals surface area contributed by atoms with E-state index < -0.39 is 5.60 Å². The molecule has 1 spiro atoms. The second-order valence-electron chi connectivity index (χ2n) is 5.53. The van der Waals surface area contributed by atoms with Crippen molar-refractivity contribution in [3.63, 3.8) is 0 Å². The number of hydrogen-bond donors (Lipinski definition) is 0. The van der Waals surface area contributed by atoms with E-state index in [1.165, 1.54) is 0 Å². The van der Waals surface area contributed by atoms with Crippen LogP contribution in [-0.2, 0) is 10.3 Å². The van der Waals surface area contributed by atoms with Gasteiger partial charge in [0.1, 0.15) is 5.75 Å². The quantitative estimate of drug-likeness (QED) is 0.575. The summed E-state index contributed by atoms with van der Waals surface area (Å²) in [4.78, 5) is 12.3. The lowest BCUT2D eigenvalue weighted by Gasteiger charge is -2.36. The fraction of sp³-hybridized carbons (Fsp3) is 0.235. The number of esters is 1. The van der Waals surface area contributed by atoms with Crippen LogP contribution < -0.4 is 4.74 Å². The molecule has 5 heteroatoms. The maximum absolute atomic E-state index is 12.3. The number of fused-ring (bicyclic) bond motifs is 4. The summed E-state index contributed by atoms with van der Waals surface area (Å²) in [5, 5.41) is 0. The third kappa shape index (κ3) is 1.75. The number of benzene rings is 2. The van der Waals surface area contributed by atoms with E-state index in [1.54, 1.807) is 0 Å². The maximum atomic E-state index is 12.3. The Morgan fingerprint density at radius 2 is 1.95 bits per heavy atom. The molecule has 0 radical (unpaired) electrons. The molecule has 0 fully saturated rings. The first-order valence-corrected chi connectivity index (χ1v) is 8.58. The Morgan fingerprint density at radius 1 is 1.18 bits per heavy atom. The predicted octanol–water partition coefficient (Wildman–Crippen LogP) is 4.72. The van der Waals surface area contributed by atoms with E-state index in [9.17, 15) is 4.79 Å². The molecule has 2 aliphatic heterocycles. The monoisotopic (exact) mass is 422 g/mol. The van der Waals surface area contributed by atoms with Crippen LogP contribution >= 0.6 is 31.9 Å². The van der Waals surface area contributed by atoms with Gasteiger partial charge in [0.05, 0.1) is 16.6 Å². The Labute approximate surface area is 144 Å². The van der Waals surface area contributed by atoms with Gasteiger partial charge in [-0.25, -0.2) is 4.79 Å². The second-order valence-corrected chi connectivity index (χ2v) is 7.18. The first-order chi connectivity index (χ1) is 10.5. The van der Waals surface area contributed by atoms with E-state index in [4.69, 9.17) is 9.47 Å². The highest BCUT2D eigenvalue weighted by molar-refractivity contribution is 9.11. The zero-order valence-corrected chi connectivity index (χ0v) is 15.0. The molecule has 4 rings (SSSR count). The molecule has 0 saturated heterocycles. The van der Waals surface area contributed by atoms with Gasteiger partial charge < -0.3 is 9.47 Å². The van der Waals surface area contributed by atoms with Crippen LogP contribution in [0.3, 0.4) is 0 Å². The van der Waals surface area contributed by atoms with E-state index in [0.717, 1.165) is 31.4 Å². The van der Waals surface area contributed by atoms with Crippen LogP contribution in [0.25, 0.3) is 0 Å². The van der Waals surface area contributed by atoms with Gasteiger partial charge in [-0.15, -0.1) is 0 Å². The number of carbonyl (C=O) groups is 1. The lowest BCUT2D eigenvalue weighted by atomic mass is 9.81. The van der Waals surface area contributed by atoms with E-state index in [-0.39, 0.29) is 5.97 Å². The zero-order valence-electron chi connectivity index (χ0n) is 11.8. The molecule has 112 valence electrons. The molecule has 1 unspecified atom stereocenters. The van der Waals surface area contributed by atoms with Crippen molar-refractivity contribution in [1.82, 2.24) is 0 Å². The van der Waals surface area contributed by atoms with Gasteiger partial charge in [0.15, 0.2) is 5.60 Å². The molecule has 22 heavy (non-hydrogen) atoms. The molecule has 0 amide bonds. The van der Waals surface area contributed by atoms with Crippen LogP contribution in [0, 0.1) is 6.92 Å². The van der Waals surface area contributed by atoms with E-state index in [1.807, 2.05) is 37.3 Å². The Bertz CT molecular complexity index is 816. The molecule has 2 aliphatic rings. The van der Waals surface area contributed by atoms with E-state index in [2.05, 4.69) is 31.9 Å². The number of carbonyl (C=O) groups excluding carboxylic acids is 1. The van der Waals surface area contributed by atoms with Gasteiger partial charge in [-0.1, -0.05) is 34.1 Å². The number of hydrogen-bond acceptors (Lipinski definition) is 3. The normalized spacial score (nSPS) is 22.0. The molecule has 0 aromatic heterocycles. The Morgan fingerprint density at radius 3 is 2.77 bits per heavy atom. The molecule has 3 nitrogen and oxygen atoms in total. The predicted molar refractivity (Wildman–Crippen MR) is 89.3 cm³/mol. The van der Waals surface area contributed by atoms with E-state index >= 15 is 0 Å². The number of halogens is 2. The number of rotatable bonds is 0. The minimum absolute atomic E-state index is 0.267. The third-order valence-electron chi connectivity index (χ3n) is 4.39. The van der Waals surface area contributed by atoms with Crippen molar-refractivity contribution in [3.05, 3.63) is 61.5 Å². The van der Waals surface area contributed by atoms with Crippen molar-refractivity contribution in [2.75, 3.05) is 6.61 Å². The summed E-state index contributed by atoms with van der Waals surface area (Å²) in [5.41, 5.74) is 2.77. The van der Waals surface area contributed by atoms with Gasteiger partial charge in [0.25, 0.3) is 0 Å². The van der Waals surface area contributed by atoms with Crippen LogP contribution in [0.5, 0.6) is 5.75 Å². The van der Waals surface area contributed by atoms with Crippen LogP contribution in [0.1, 0.15) is 33.5 Å². The molecule has 0 saturated carbocycles. The standard InChI is InChI=1S/C17H12Br2O3/c1-9-13(18)8-12-15(14(9)19)21-7-6-17(12)11-5-3-2-4-10(11)16(20)22-17/h2-5,8H,6-7H2,1H3. The van der Waals surface area contributed by atoms with Crippen LogP contribution in [0.2, 0.25) is 0 Å². The maximum Gasteiger partial charge on any atom is 0.339 e. The average molecular weight is 424 g/mol. The van der Waals surface area contributed by atoms with Crippen molar-refractivity contribution in [2.24, 2.45) is 0 Å². The Kier molecular flexibility index (Phi) is 3.13. The molecule has 2 heterocycles. The molecule has 0 bridgehead atoms. The van der Waals surface area contributed by atoms with Gasteiger partial charge in [-0.05, 0) is 40.5 Å². The van der Waals surface area contributed by atoms with Gasteiger partial charge in [-0.3, -0.25) is 0 Å². The highest BCUT2D eigenvalue weighted by Crippen LogP contribution is 2.53. The minimum Gasteiger partial charge on any atom is -0.492 e. The molecule has 1 atom stereocenters. The SMILES string of the molecule is Cc1c(Br)cc2c(c1Br)OCCC21OC(=O)c2ccccc21. The second kappa shape index (κ2) is 4.83. The fourth-order valence-corrected chi connectivity index (χ4v) is 4.47. The largest absolute Gasteiger partial charge is 0.492 e. The Balaban J connectivity index is 2.04. The molecule has 0 aliphatic carbocycles. The molecule has 2 aromatic carbocycles. The minimum atomic E-state index is -0.750. The van der Waals surface area contributed by atoms with Crippen molar-refractivity contribution in [3.8, 4) is 5.75 Å². The van der Waals surface area contributed by atoms with Gasteiger partial charge in [-0.2, -0.15) is 0 Å². The first kappa shape index (κ1) is 14.3. The molecule has 2 aromatic rings. The van der Waals surface area contributed by atoms with Gasteiger partial charge >= 0.3 is 5.97 Å². The first-order valence-electron chi connectivity index (χ1n) is 6.99. The summed E-state index contributed by atoms with van der Waals surface area (Å²) in [6, 6.07) is 9.59.